The van der Waals surface area contributed by atoms with Gasteiger partial charge in [0.1, 0.15) is 19.0 Å². The number of aryl methyl sites for hydroxylation is 2. The molecule has 1 saturated heterocycles. The number of carbonyl (C=O) groups is 3. The predicted molar refractivity (Wildman–Crippen MR) is 96.6 cm³/mol. The number of benzene rings is 1. The number of methoxy groups -OCH3 is 1. The molecule has 3 rings (SSSR count). The summed E-state index contributed by atoms with van der Waals surface area (Å²) in [5.74, 6) is 0.0162. The Morgan fingerprint density at radius 1 is 1.24 bits per heavy atom. The van der Waals surface area contributed by atoms with Crippen molar-refractivity contribution >= 4 is 18.0 Å². The largest absolute Gasteiger partial charge is 0.493 e. The maximum Gasteiger partial charge on any atom is 0.416 e. The number of amides is 2. The van der Waals surface area contributed by atoms with Gasteiger partial charge in [-0.3, -0.25) is 4.79 Å². The van der Waals surface area contributed by atoms with Gasteiger partial charge in [0.15, 0.2) is 18.1 Å². The number of hydrogen-bond acceptors (Lipinski definition) is 9. The van der Waals surface area contributed by atoms with Crippen LogP contribution in [0.25, 0.3) is 0 Å². The average molecular weight is 404 g/mol. The molecule has 0 bridgehead atoms. The van der Waals surface area contributed by atoms with Gasteiger partial charge in [-0.2, -0.15) is 0 Å². The molecular formula is C19H20N2O8. The summed E-state index contributed by atoms with van der Waals surface area (Å²) in [7, 11) is 1.44. The van der Waals surface area contributed by atoms with E-state index in [9.17, 15) is 14.4 Å². The zero-order chi connectivity index (χ0) is 21.0. The molecule has 10 nitrogen and oxygen atoms in total. The lowest BCUT2D eigenvalue weighted by Crippen LogP contribution is -2.35. The van der Waals surface area contributed by atoms with Crippen molar-refractivity contribution < 1.29 is 37.9 Å². The summed E-state index contributed by atoms with van der Waals surface area (Å²) < 4.78 is 25.8. The van der Waals surface area contributed by atoms with Crippen molar-refractivity contribution in [3.8, 4) is 11.5 Å². The number of aromatic nitrogens is 1. The average Bonchev–Trinajstić information content (AvgIpc) is 3.29. The number of carbonyl (C=O) groups excluding carboxylic acids is 3. The molecule has 0 unspecified atom stereocenters. The normalized spacial score (nSPS) is 13.2. The van der Waals surface area contributed by atoms with Gasteiger partial charge in [0.25, 0.3) is 5.91 Å². The molecule has 0 atom stereocenters. The van der Waals surface area contributed by atoms with E-state index < -0.39 is 24.6 Å². The lowest BCUT2D eigenvalue weighted by Gasteiger charge is -2.13. The van der Waals surface area contributed by atoms with Crippen molar-refractivity contribution in [1.29, 1.82) is 0 Å². The number of hydrogen-bond donors (Lipinski definition) is 0. The van der Waals surface area contributed by atoms with Crippen LogP contribution in [0.5, 0.6) is 11.5 Å². The molecule has 1 fully saturated rings. The second kappa shape index (κ2) is 8.63. The van der Waals surface area contributed by atoms with Crippen LogP contribution in [0.4, 0.5) is 4.79 Å². The fourth-order valence-corrected chi connectivity index (χ4v) is 2.68. The molecule has 0 radical (unpaired) electrons. The Balaban J connectivity index is 1.62. The summed E-state index contributed by atoms with van der Waals surface area (Å²) >= 11 is 0. The highest BCUT2D eigenvalue weighted by Gasteiger charge is 2.29. The highest BCUT2D eigenvalue weighted by Crippen LogP contribution is 2.29. The molecule has 0 N–H and O–H groups in total. The molecule has 0 saturated carbocycles. The Hall–Kier alpha value is -3.56. The van der Waals surface area contributed by atoms with Gasteiger partial charge in [0.05, 0.1) is 30.5 Å². The van der Waals surface area contributed by atoms with Crippen molar-refractivity contribution in [3.05, 3.63) is 40.8 Å². The first kappa shape index (κ1) is 20.2. The minimum Gasteiger partial charge on any atom is -0.493 e. The molecule has 29 heavy (non-hydrogen) atoms. The first-order valence-electron chi connectivity index (χ1n) is 8.77. The van der Waals surface area contributed by atoms with Crippen LogP contribution in [0.3, 0.4) is 0 Å². The SMILES string of the molecule is COc1cc(C(=O)OCC(=O)N2CCOC2=O)ccc1OCc1c(C)noc1C. The standard InChI is InChI=1S/C19H20N2O8/c1-11-14(12(2)29-20-11)9-27-15-5-4-13(8-16(15)25-3)18(23)28-10-17(22)21-6-7-26-19(21)24/h4-5,8H,6-7,9-10H2,1-3H3. The first-order chi connectivity index (χ1) is 13.9. The van der Waals surface area contributed by atoms with Crippen LogP contribution in [0.15, 0.2) is 22.7 Å². The Kier molecular flexibility index (Phi) is 6.01. The minimum absolute atomic E-state index is 0.130. The van der Waals surface area contributed by atoms with Crippen LogP contribution >= 0.6 is 0 Å². The van der Waals surface area contributed by atoms with Crippen molar-refractivity contribution in [2.75, 3.05) is 26.9 Å². The van der Waals surface area contributed by atoms with Gasteiger partial charge < -0.3 is 23.5 Å². The maximum absolute atomic E-state index is 12.2. The van der Waals surface area contributed by atoms with E-state index in [0.717, 1.165) is 16.2 Å². The number of cyclic esters (lactones) is 1. The van der Waals surface area contributed by atoms with E-state index in [2.05, 4.69) is 9.89 Å². The van der Waals surface area contributed by atoms with Crippen LogP contribution < -0.4 is 9.47 Å². The number of nitrogens with zero attached hydrogens (tertiary/aromatic N) is 2. The second-order valence-corrected chi connectivity index (χ2v) is 6.19. The molecule has 10 heteroatoms. The van der Waals surface area contributed by atoms with Crippen LogP contribution in [0, 0.1) is 13.8 Å². The molecule has 2 aromatic rings. The fourth-order valence-electron chi connectivity index (χ4n) is 2.68. The molecule has 1 aliphatic heterocycles. The van der Waals surface area contributed by atoms with Crippen molar-refractivity contribution in [2.24, 2.45) is 0 Å². The minimum atomic E-state index is -0.743. The molecule has 2 amide bonds. The van der Waals surface area contributed by atoms with E-state index in [1.807, 2.05) is 6.92 Å². The third-order valence-corrected chi connectivity index (χ3v) is 4.34. The Morgan fingerprint density at radius 2 is 2.03 bits per heavy atom. The van der Waals surface area contributed by atoms with E-state index in [4.69, 9.17) is 18.7 Å². The van der Waals surface area contributed by atoms with Gasteiger partial charge >= 0.3 is 12.1 Å². The fraction of sp³-hybridized carbons (Fsp3) is 0.368. The molecule has 1 aromatic carbocycles. The van der Waals surface area contributed by atoms with E-state index in [1.54, 1.807) is 13.0 Å². The first-order valence-corrected chi connectivity index (χ1v) is 8.77. The third kappa shape index (κ3) is 4.48. The number of imide groups is 1. The summed E-state index contributed by atoms with van der Waals surface area (Å²) in [5.41, 5.74) is 1.73. The van der Waals surface area contributed by atoms with Gasteiger partial charge in [-0.1, -0.05) is 5.16 Å². The van der Waals surface area contributed by atoms with Gasteiger partial charge in [0.2, 0.25) is 0 Å². The molecule has 0 spiro atoms. The summed E-state index contributed by atoms with van der Waals surface area (Å²) in [6.45, 7) is 3.53. The lowest BCUT2D eigenvalue weighted by atomic mass is 10.2. The van der Waals surface area contributed by atoms with E-state index in [0.29, 0.717) is 17.3 Å². The van der Waals surface area contributed by atoms with Crippen LogP contribution in [-0.4, -0.2) is 54.9 Å². The summed E-state index contributed by atoms with van der Waals surface area (Å²) in [5, 5.41) is 3.87. The number of rotatable bonds is 7. The van der Waals surface area contributed by atoms with E-state index >= 15 is 0 Å². The zero-order valence-corrected chi connectivity index (χ0v) is 16.2. The Bertz CT molecular complexity index is 917. The molecular weight excluding hydrogens is 384 g/mol. The highest BCUT2D eigenvalue weighted by atomic mass is 16.6. The van der Waals surface area contributed by atoms with Crippen molar-refractivity contribution in [2.45, 2.75) is 20.5 Å². The van der Waals surface area contributed by atoms with Crippen molar-refractivity contribution in [1.82, 2.24) is 10.1 Å². The molecule has 1 aliphatic rings. The smallest absolute Gasteiger partial charge is 0.416 e. The quantitative estimate of drug-likeness (QED) is 0.639. The lowest BCUT2D eigenvalue weighted by molar-refractivity contribution is -0.131. The second-order valence-electron chi connectivity index (χ2n) is 6.19. The van der Waals surface area contributed by atoms with Crippen LogP contribution in [-0.2, 0) is 20.9 Å². The maximum atomic E-state index is 12.2. The van der Waals surface area contributed by atoms with Gasteiger partial charge in [-0.05, 0) is 32.0 Å². The van der Waals surface area contributed by atoms with Gasteiger partial charge in [0, 0.05) is 0 Å². The summed E-state index contributed by atoms with van der Waals surface area (Å²) in [4.78, 5) is 36.4. The van der Waals surface area contributed by atoms with Gasteiger partial charge in [-0.15, -0.1) is 0 Å². The highest BCUT2D eigenvalue weighted by molar-refractivity contribution is 5.96. The topological polar surface area (TPSA) is 117 Å². The molecule has 0 aliphatic carbocycles. The molecule has 1 aromatic heterocycles. The summed E-state index contributed by atoms with van der Waals surface area (Å²) in [6.07, 6.45) is -0.743. The number of esters is 1. The third-order valence-electron chi connectivity index (χ3n) is 4.34. The molecule has 2 heterocycles. The zero-order valence-electron chi connectivity index (χ0n) is 16.2. The van der Waals surface area contributed by atoms with Gasteiger partial charge in [-0.25, -0.2) is 14.5 Å². The molecule has 154 valence electrons. The summed E-state index contributed by atoms with van der Waals surface area (Å²) in [6, 6.07) is 4.50. The van der Waals surface area contributed by atoms with E-state index in [1.165, 1.54) is 19.2 Å². The van der Waals surface area contributed by atoms with E-state index in [-0.39, 0.29) is 25.3 Å². The Morgan fingerprint density at radius 3 is 2.66 bits per heavy atom. The van der Waals surface area contributed by atoms with Crippen molar-refractivity contribution in [3.63, 3.8) is 0 Å². The van der Waals surface area contributed by atoms with Crippen LogP contribution in [0.1, 0.15) is 27.4 Å². The monoisotopic (exact) mass is 404 g/mol. The Labute approximate surface area is 166 Å². The number of ether oxygens (including phenoxy) is 4. The van der Waals surface area contributed by atoms with Crippen LogP contribution in [0.2, 0.25) is 0 Å². The predicted octanol–water partition coefficient (Wildman–Crippen LogP) is 2.01.